The first-order valence-electron chi connectivity index (χ1n) is 8.87. The predicted octanol–water partition coefficient (Wildman–Crippen LogP) is 4.33. The van der Waals surface area contributed by atoms with E-state index in [4.69, 9.17) is 11.6 Å². The second-order valence-corrected chi connectivity index (χ2v) is 6.46. The molecule has 2 aromatic rings. The van der Waals surface area contributed by atoms with Gasteiger partial charge in [0.2, 0.25) is 0 Å². The number of nitrogens with one attached hydrogen (secondary N) is 1. The van der Waals surface area contributed by atoms with E-state index in [-0.39, 0.29) is 5.91 Å². The number of halogens is 1. The van der Waals surface area contributed by atoms with Crippen LogP contribution in [0.5, 0.6) is 0 Å². The predicted molar refractivity (Wildman–Crippen MR) is 105 cm³/mol. The summed E-state index contributed by atoms with van der Waals surface area (Å²) in [4.78, 5) is 18.8. The number of carbonyl (C=O) groups is 1. The zero-order valence-corrected chi connectivity index (χ0v) is 15.7. The highest BCUT2D eigenvalue weighted by Gasteiger charge is 2.09. The summed E-state index contributed by atoms with van der Waals surface area (Å²) < 4.78 is 0. The Balaban J connectivity index is 1.89. The van der Waals surface area contributed by atoms with Crippen LogP contribution in [0.4, 0.5) is 5.69 Å². The number of rotatable bonds is 9. The molecule has 2 rings (SSSR count). The molecule has 0 radical (unpaired) electrons. The SMILES string of the molecule is CCCN(CCC)c1ccc(C(=O)NCCc2cccc(Cl)c2)nc1. The fourth-order valence-electron chi connectivity index (χ4n) is 2.72. The lowest BCUT2D eigenvalue weighted by Crippen LogP contribution is -2.27. The average Bonchev–Trinajstić information content (AvgIpc) is 2.62. The fourth-order valence-corrected chi connectivity index (χ4v) is 2.93. The Labute approximate surface area is 155 Å². The van der Waals surface area contributed by atoms with Crippen LogP contribution in [0, 0.1) is 0 Å². The molecule has 0 unspecified atom stereocenters. The van der Waals surface area contributed by atoms with Crippen LogP contribution in [0.15, 0.2) is 42.6 Å². The molecule has 0 spiro atoms. The highest BCUT2D eigenvalue weighted by Crippen LogP contribution is 2.14. The Morgan fingerprint density at radius 2 is 1.92 bits per heavy atom. The molecule has 5 heteroatoms. The van der Waals surface area contributed by atoms with Crippen molar-refractivity contribution < 1.29 is 4.79 Å². The van der Waals surface area contributed by atoms with Crippen LogP contribution in [-0.4, -0.2) is 30.5 Å². The molecule has 134 valence electrons. The Morgan fingerprint density at radius 3 is 2.52 bits per heavy atom. The Morgan fingerprint density at radius 1 is 1.16 bits per heavy atom. The number of carbonyl (C=O) groups excluding carboxylic acids is 1. The standard InChI is InChI=1S/C20H26ClN3O/c1-3-12-24(13-4-2)18-8-9-19(23-15-18)20(25)22-11-10-16-6-5-7-17(21)14-16/h5-9,14-15H,3-4,10-13H2,1-2H3,(H,22,25). The van der Waals surface area contributed by atoms with Gasteiger partial charge in [0.05, 0.1) is 11.9 Å². The van der Waals surface area contributed by atoms with E-state index in [1.807, 2.05) is 30.3 Å². The van der Waals surface area contributed by atoms with Crippen molar-refractivity contribution in [3.8, 4) is 0 Å². The van der Waals surface area contributed by atoms with E-state index < -0.39 is 0 Å². The molecular weight excluding hydrogens is 334 g/mol. The van der Waals surface area contributed by atoms with E-state index in [0.29, 0.717) is 17.3 Å². The van der Waals surface area contributed by atoms with Gasteiger partial charge < -0.3 is 10.2 Å². The molecule has 0 bridgehead atoms. The molecule has 25 heavy (non-hydrogen) atoms. The quantitative estimate of drug-likeness (QED) is 0.724. The van der Waals surface area contributed by atoms with Crippen LogP contribution in [0.3, 0.4) is 0 Å². The Kier molecular flexibility index (Phi) is 7.74. The van der Waals surface area contributed by atoms with E-state index >= 15 is 0 Å². The molecule has 1 heterocycles. The molecule has 0 fully saturated rings. The lowest BCUT2D eigenvalue weighted by atomic mass is 10.1. The van der Waals surface area contributed by atoms with E-state index in [0.717, 1.165) is 43.6 Å². The van der Waals surface area contributed by atoms with Gasteiger partial charge in [0, 0.05) is 24.7 Å². The van der Waals surface area contributed by atoms with Crippen LogP contribution < -0.4 is 10.2 Å². The van der Waals surface area contributed by atoms with E-state index in [2.05, 4.69) is 29.0 Å². The number of aromatic nitrogens is 1. The van der Waals surface area contributed by atoms with Crippen molar-refractivity contribution in [2.24, 2.45) is 0 Å². The monoisotopic (exact) mass is 359 g/mol. The Bertz CT molecular complexity index is 667. The van der Waals surface area contributed by atoms with E-state index in [1.54, 1.807) is 12.3 Å². The summed E-state index contributed by atoms with van der Waals surface area (Å²) in [6.45, 7) is 6.89. The normalized spacial score (nSPS) is 10.5. The summed E-state index contributed by atoms with van der Waals surface area (Å²) in [6, 6.07) is 11.4. The van der Waals surface area contributed by atoms with Gasteiger partial charge in [-0.1, -0.05) is 37.6 Å². The second-order valence-electron chi connectivity index (χ2n) is 6.02. The minimum Gasteiger partial charge on any atom is -0.370 e. The minimum atomic E-state index is -0.147. The lowest BCUT2D eigenvalue weighted by Gasteiger charge is -2.23. The summed E-state index contributed by atoms with van der Waals surface area (Å²) in [7, 11) is 0. The third-order valence-electron chi connectivity index (χ3n) is 3.92. The maximum Gasteiger partial charge on any atom is 0.269 e. The van der Waals surface area contributed by atoms with Gasteiger partial charge in [-0.3, -0.25) is 4.79 Å². The van der Waals surface area contributed by atoms with Crippen molar-refractivity contribution in [2.75, 3.05) is 24.5 Å². The smallest absolute Gasteiger partial charge is 0.269 e. The summed E-state index contributed by atoms with van der Waals surface area (Å²) in [5.41, 5.74) is 2.62. The summed E-state index contributed by atoms with van der Waals surface area (Å²) in [6.07, 6.45) is 4.71. The van der Waals surface area contributed by atoms with Crippen molar-refractivity contribution >= 4 is 23.2 Å². The molecule has 0 atom stereocenters. The largest absolute Gasteiger partial charge is 0.370 e. The molecule has 0 aliphatic heterocycles. The number of hydrogen-bond donors (Lipinski definition) is 1. The molecule has 0 saturated carbocycles. The lowest BCUT2D eigenvalue weighted by molar-refractivity contribution is 0.0949. The molecule has 0 saturated heterocycles. The van der Waals surface area contributed by atoms with Gasteiger partial charge >= 0.3 is 0 Å². The van der Waals surface area contributed by atoms with Gasteiger partial charge in [-0.15, -0.1) is 0 Å². The summed E-state index contributed by atoms with van der Waals surface area (Å²) in [5, 5.41) is 3.62. The fraction of sp³-hybridized carbons (Fsp3) is 0.400. The van der Waals surface area contributed by atoms with Gasteiger partial charge in [0.25, 0.3) is 5.91 Å². The first-order valence-corrected chi connectivity index (χ1v) is 9.25. The van der Waals surface area contributed by atoms with Gasteiger partial charge in [-0.25, -0.2) is 4.98 Å². The number of anilines is 1. The number of hydrogen-bond acceptors (Lipinski definition) is 3. The first kappa shape index (κ1) is 19.3. The zero-order chi connectivity index (χ0) is 18.1. The highest BCUT2D eigenvalue weighted by atomic mass is 35.5. The molecule has 1 aromatic heterocycles. The maximum atomic E-state index is 12.2. The van der Waals surface area contributed by atoms with Gasteiger partial charge in [0.15, 0.2) is 0 Å². The second kappa shape index (κ2) is 10.0. The first-order chi connectivity index (χ1) is 12.1. The number of nitrogens with zero attached hydrogens (tertiary/aromatic N) is 2. The van der Waals surface area contributed by atoms with Crippen LogP contribution in [-0.2, 0) is 6.42 Å². The van der Waals surface area contributed by atoms with Crippen molar-refractivity contribution in [1.82, 2.24) is 10.3 Å². The average molecular weight is 360 g/mol. The zero-order valence-electron chi connectivity index (χ0n) is 15.0. The summed E-state index contributed by atoms with van der Waals surface area (Å²) in [5.74, 6) is -0.147. The minimum absolute atomic E-state index is 0.147. The number of benzene rings is 1. The highest BCUT2D eigenvalue weighted by molar-refractivity contribution is 6.30. The van der Waals surface area contributed by atoms with Crippen LogP contribution in [0.25, 0.3) is 0 Å². The molecule has 0 aliphatic carbocycles. The maximum absolute atomic E-state index is 12.2. The number of amides is 1. The topological polar surface area (TPSA) is 45.2 Å². The van der Waals surface area contributed by atoms with Crippen LogP contribution in [0.1, 0.15) is 42.7 Å². The van der Waals surface area contributed by atoms with Crippen molar-refractivity contribution in [3.63, 3.8) is 0 Å². The van der Waals surface area contributed by atoms with Crippen molar-refractivity contribution in [1.29, 1.82) is 0 Å². The molecule has 1 aromatic carbocycles. The molecule has 1 amide bonds. The van der Waals surface area contributed by atoms with Crippen molar-refractivity contribution in [2.45, 2.75) is 33.1 Å². The number of pyridine rings is 1. The van der Waals surface area contributed by atoms with Gasteiger partial charge in [-0.2, -0.15) is 0 Å². The van der Waals surface area contributed by atoms with Crippen LogP contribution >= 0.6 is 11.6 Å². The summed E-state index contributed by atoms with van der Waals surface area (Å²) >= 11 is 5.97. The van der Waals surface area contributed by atoms with E-state index in [9.17, 15) is 4.79 Å². The molecule has 4 nitrogen and oxygen atoms in total. The Hall–Kier alpha value is -2.07. The van der Waals surface area contributed by atoms with Crippen molar-refractivity contribution in [3.05, 3.63) is 58.9 Å². The third-order valence-corrected chi connectivity index (χ3v) is 4.16. The molecule has 1 N–H and O–H groups in total. The van der Waals surface area contributed by atoms with E-state index in [1.165, 1.54) is 0 Å². The third kappa shape index (κ3) is 6.05. The van der Waals surface area contributed by atoms with Gasteiger partial charge in [-0.05, 0) is 49.1 Å². The van der Waals surface area contributed by atoms with Crippen LogP contribution in [0.2, 0.25) is 5.02 Å². The van der Waals surface area contributed by atoms with Gasteiger partial charge in [0.1, 0.15) is 5.69 Å². The molecular formula is C20H26ClN3O. The molecule has 0 aliphatic rings.